The van der Waals surface area contributed by atoms with E-state index in [4.69, 9.17) is 14.2 Å². The summed E-state index contributed by atoms with van der Waals surface area (Å²) in [5, 5.41) is 2.85. The van der Waals surface area contributed by atoms with Crippen molar-refractivity contribution in [3.8, 4) is 23.0 Å². The van der Waals surface area contributed by atoms with Gasteiger partial charge in [0.1, 0.15) is 23.0 Å². The molecule has 0 unspecified atom stereocenters. The highest BCUT2D eigenvalue weighted by Crippen LogP contribution is 2.31. The van der Waals surface area contributed by atoms with E-state index in [1.165, 1.54) is 0 Å². The first-order chi connectivity index (χ1) is 12.7. The number of methoxy groups -OCH3 is 2. The fourth-order valence-electron chi connectivity index (χ4n) is 2.46. The number of hydrogen-bond donors (Lipinski definition) is 1. The van der Waals surface area contributed by atoms with Gasteiger partial charge in [-0.3, -0.25) is 4.79 Å². The summed E-state index contributed by atoms with van der Waals surface area (Å²) in [6.07, 6.45) is 0. The molecule has 0 spiro atoms. The van der Waals surface area contributed by atoms with Crippen LogP contribution in [-0.2, 0) is 0 Å². The number of anilines is 1. The predicted molar refractivity (Wildman–Crippen MR) is 100 cm³/mol. The average Bonchev–Trinajstić information content (AvgIpc) is 2.69. The lowest BCUT2D eigenvalue weighted by Gasteiger charge is -2.14. The topological polar surface area (TPSA) is 56.8 Å². The van der Waals surface area contributed by atoms with Gasteiger partial charge >= 0.3 is 0 Å². The van der Waals surface area contributed by atoms with Crippen molar-refractivity contribution in [1.82, 2.24) is 0 Å². The van der Waals surface area contributed by atoms with Crippen molar-refractivity contribution >= 4 is 11.6 Å². The molecule has 0 aliphatic carbocycles. The molecule has 5 nitrogen and oxygen atoms in total. The van der Waals surface area contributed by atoms with Gasteiger partial charge in [-0.2, -0.15) is 0 Å². The molecule has 3 aromatic carbocycles. The van der Waals surface area contributed by atoms with Crippen LogP contribution in [0.1, 0.15) is 10.4 Å². The van der Waals surface area contributed by atoms with E-state index in [9.17, 15) is 4.79 Å². The Hall–Kier alpha value is -3.47. The maximum atomic E-state index is 12.8. The first kappa shape index (κ1) is 17.4. The van der Waals surface area contributed by atoms with Crippen molar-refractivity contribution in [3.05, 3.63) is 78.4 Å². The number of carbonyl (C=O) groups excluding carboxylic acids is 1. The van der Waals surface area contributed by atoms with Gasteiger partial charge in [0.25, 0.3) is 5.91 Å². The summed E-state index contributed by atoms with van der Waals surface area (Å²) in [7, 11) is 3.11. The second kappa shape index (κ2) is 8.07. The van der Waals surface area contributed by atoms with Gasteiger partial charge in [-0.15, -0.1) is 0 Å². The summed E-state index contributed by atoms with van der Waals surface area (Å²) < 4.78 is 16.4. The van der Waals surface area contributed by atoms with Gasteiger partial charge in [-0.25, -0.2) is 0 Å². The molecule has 1 amide bonds. The molecule has 0 aliphatic rings. The van der Waals surface area contributed by atoms with Crippen LogP contribution in [0.25, 0.3) is 0 Å². The monoisotopic (exact) mass is 349 g/mol. The van der Waals surface area contributed by atoms with Crippen LogP contribution in [0, 0.1) is 0 Å². The zero-order valence-electron chi connectivity index (χ0n) is 14.6. The average molecular weight is 349 g/mol. The van der Waals surface area contributed by atoms with E-state index in [2.05, 4.69) is 5.32 Å². The Morgan fingerprint density at radius 3 is 2.23 bits per heavy atom. The molecule has 0 radical (unpaired) electrons. The summed E-state index contributed by atoms with van der Waals surface area (Å²) in [5.41, 5.74) is 0.938. The van der Waals surface area contributed by atoms with Gasteiger partial charge < -0.3 is 19.5 Å². The zero-order valence-corrected chi connectivity index (χ0v) is 14.6. The molecule has 1 N–H and O–H groups in total. The maximum Gasteiger partial charge on any atom is 0.259 e. The summed E-state index contributed by atoms with van der Waals surface area (Å²) in [6, 6.07) is 21.6. The third-order valence-corrected chi connectivity index (χ3v) is 3.76. The van der Waals surface area contributed by atoms with Crippen molar-refractivity contribution < 1.29 is 19.0 Å². The molecule has 132 valence electrons. The smallest absolute Gasteiger partial charge is 0.259 e. The van der Waals surface area contributed by atoms with Crippen molar-refractivity contribution in [2.24, 2.45) is 0 Å². The lowest BCUT2D eigenvalue weighted by Crippen LogP contribution is -2.13. The minimum absolute atomic E-state index is 0.303. The number of carbonyl (C=O) groups is 1. The predicted octanol–water partition coefficient (Wildman–Crippen LogP) is 4.75. The molecular formula is C21H19NO4. The highest BCUT2D eigenvalue weighted by molar-refractivity contribution is 6.07. The van der Waals surface area contributed by atoms with E-state index in [1.54, 1.807) is 50.6 Å². The molecule has 0 saturated heterocycles. The lowest BCUT2D eigenvalue weighted by atomic mass is 10.1. The molecule has 0 atom stereocenters. The Kier molecular flexibility index (Phi) is 5.39. The van der Waals surface area contributed by atoms with E-state index in [1.807, 2.05) is 36.4 Å². The molecular weight excluding hydrogens is 330 g/mol. The molecule has 0 fully saturated rings. The third-order valence-electron chi connectivity index (χ3n) is 3.76. The Labute approximate surface area is 152 Å². The summed E-state index contributed by atoms with van der Waals surface area (Å²) in [4.78, 5) is 12.8. The zero-order chi connectivity index (χ0) is 18.4. The van der Waals surface area contributed by atoms with Gasteiger partial charge in [0.05, 0.1) is 25.5 Å². The Balaban J connectivity index is 1.87. The molecule has 26 heavy (non-hydrogen) atoms. The van der Waals surface area contributed by atoms with Crippen molar-refractivity contribution in [2.45, 2.75) is 0 Å². The van der Waals surface area contributed by atoms with Gasteiger partial charge in [-0.05, 0) is 36.4 Å². The SMILES string of the molecule is COc1ccc(OC)c(NC(=O)c2ccccc2Oc2ccccc2)c1. The van der Waals surface area contributed by atoms with Crippen LogP contribution in [0.15, 0.2) is 72.8 Å². The van der Waals surface area contributed by atoms with Crippen LogP contribution in [0.2, 0.25) is 0 Å². The molecule has 3 rings (SSSR count). The number of hydrogen-bond acceptors (Lipinski definition) is 4. The van der Waals surface area contributed by atoms with Gasteiger partial charge in [0.2, 0.25) is 0 Å². The summed E-state index contributed by atoms with van der Waals surface area (Å²) in [5.74, 6) is 1.99. The van der Waals surface area contributed by atoms with E-state index in [0.29, 0.717) is 34.2 Å². The highest BCUT2D eigenvalue weighted by Gasteiger charge is 2.15. The molecule has 0 aromatic heterocycles. The quantitative estimate of drug-likeness (QED) is 0.698. The van der Waals surface area contributed by atoms with E-state index in [0.717, 1.165) is 0 Å². The third kappa shape index (κ3) is 3.95. The highest BCUT2D eigenvalue weighted by atomic mass is 16.5. The molecule has 3 aromatic rings. The first-order valence-electron chi connectivity index (χ1n) is 8.06. The maximum absolute atomic E-state index is 12.8. The normalized spacial score (nSPS) is 10.1. The fourth-order valence-corrected chi connectivity index (χ4v) is 2.46. The lowest BCUT2D eigenvalue weighted by molar-refractivity contribution is 0.102. The minimum Gasteiger partial charge on any atom is -0.497 e. The standard InChI is InChI=1S/C21H19NO4/c1-24-16-12-13-20(25-2)18(14-16)22-21(23)17-10-6-7-11-19(17)26-15-8-4-3-5-9-15/h3-14H,1-2H3,(H,22,23). The number of nitrogens with one attached hydrogen (secondary N) is 1. The summed E-state index contributed by atoms with van der Waals surface area (Å²) in [6.45, 7) is 0. The number of para-hydroxylation sites is 2. The summed E-state index contributed by atoms with van der Waals surface area (Å²) >= 11 is 0. The Bertz CT molecular complexity index is 894. The van der Waals surface area contributed by atoms with Crippen LogP contribution in [0.5, 0.6) is 23.0 Å². The second-order valence-corrected chi connectivity index (χ2v) is 5.43. The molecule has 5 heteroatoms. The number of amides is 1. The molecule has 0 saturated carbocycles. The fraction of sp³-hybridized carbons (Fsp3) is 0.0952. The number of rotatable bonds is 6. The van der Waals surface area contributed by atoms with Crippen LogP contribution in [0.4, 0.5) is 5.69 Å². The first-order valence-corrected chi connectivity index (χ1v) is 8.06. The van der Waals surface area contributed by atoms with Crippen LogP contribution in [0.3, 0.4) is 0 Å². The second-order valence-electron chi connectivity index (χ2n) is 5.43. The van der Waals surface area contributed by atoms with Crippen molar-refractivity contribution in [2.75, 3.05) is 19.5 Å². The van der Waals surface area contributed by atoms with Gasteiger partial charge in [0.15, 0.2) is 0 Å². The van der Waals surface area contributed by atoms with E-state index in [-0.39, 0.29) is 5.91 Å². The van der Waals surface area contributed by atoms with Gasteiger partial charge in [-0.1, -0.05) is 30.3 Å². The van der Waals surface area contributed by atoms with Crippen LogP contribution >= 0.6 is 0 Å². The minimum atomic E-state index is -0.303. The number of ether oxygens (including phenoxy) is 3. The van der Waals surface area contributed by atoms with E-state index >= 15 is 0 Å². The molecule has 0 aliphatic heterocycles. The molecule has 0 heterocycles. The number of benzene rings is 3. The van der Waals surface area contributed by atoms with Crippen molar-refractivity contribution in [1.29, 1.82) is 0 Å². The Morgan fingerprint density at radius 2 is 1.50 bits per heavy atom. The molecule has 0 bridgehead atoms. The van der Waals surface area contributed by atoms with Crippen LogP contribution in [-0.4, -0.2) is 20.1 Å². The van der Waals surface area contributed by atoms with Crippen LogP contribution < -0.4 is 19.5 Å². The van der Waals surface area contributed by atoms with Gasteiger partial charge in [0, 0.05) is 6.07 Å². The Morgan fingerprint density at radius 1 is 0.769 bits per heavy atom. The largest absolute Gasteiger partial charge is 0.497 e. The van der Waals surface area contributed by atoms with Crippen molar-refractivity contribution in [3.63, 3.8) is 0 Å². The van der Waals surface area contributed by atoms with E-state index < -0.39 is 0 Å².